The van der Waals surface area contributed by atoms with Gasteiger partial charge in [0.15, 0.2) is 0 Å². The van der Waals surface area contributed by atoms with Gasteiger partial charge in [-0.05, 0) is 23.6 Å². The third-order valence-corrected chi connectivity index (χ3v) is 2.62. The number of aryl methyl sites for hydroxylation is 1. The molecule has 3 nitrogen and oxygen atoms in total. The van der Waals surface area contributed by atoms with Crippen LogP contribution in [0.3, 0.4) is 0 Å². The van der Waals surface area contributed by atoms with Crippen LogP contribution < -0.4 is 0 Å². The largest absolute Gasteiger partial charge is 0.395 e. The van der Waals surface area contributed by atoms with Crippen molar-refractivity contribution in [1.82, 2.24) is 4.90 Å². The van der Waals surface area contributed by atoms with E-state index >= 15 is 0 Å². The number of aliphatic hydroxyl groups is 1. The smallest absolute Gasteiger partial charge is 0.246 e. The number of carbonyl (C=O) groups is 1. The maximum Gasteiger partial charge on any atom is 0.246 e. The van der Waals surface area contributed by atoms with Gasteiger partial charge in [-0.15, -0.1) is 0 Å². The van der Waals surface area contributed by atoms with Gasteiger partial charge >= 0.3 is 0 Å². The summed E-state index contributed by atoms with van der Waals surface area (Å²) in [7, 11) is 1.67. The average molecular weight is 233 g/mol. The van der Waals surface area contributed by atoms with Gasteiger partial charge in [0.2, 0.25) is 5.91 Å². The van der Waals surface area contributed by atoms with Crippen LogP contribution in [-0.2, 0) is 11.2 Å². The predicted molar refractivity (Wildman–Crippen MR) is 69.6 cm³/mol. The summed E-state index contributed by atoms with van der Waals surface area (Å²) < 4.78 is 0. The van der Waals surface area contributed by atoms with E-state index in [0.717, 1.165) is 12.0 Å². The van der Waals surface area contributed by atoms with Gasteiger partial charge in [-0.1, -0.05) is 31.2 Å². The van der Waals surface area contributed by atoms with E-state index in [1.54, 1.807) is 13.1 Å². The molecule has 0 unspecified atom stereocenters. The fourth-order valence-electron chi connectivity index (χ4n) is 1.42. The van der Waals surface area contributed by atoms with Crippen LogP contribution in [0.2, 0.25) is 0 Å². The quantitative estimate of drug-likeness (QED) is 0.787. The Bertz CT molecular complexity index is 382. The monoisotopic (exact) mass is 233 g/mol. The minimum absolute atomic E-state index is 0.0126. The van der Waals surface area contributed by atoms with E-state index in [-0.39, 0.29) is 12.5 Å². The van der Waals surface area contributed by atoms with Crippen molar-refractivity contribution in [3.8, 4) is 0 Å². The molecular weight excluding hydrogens is 214 g/mol. The van der Waals surface area contributed by atoms with Crippen molar-refractivity contribution in [2.45, 2.75) is 13.3 Å². The Morgan fingerprint density at radius 1 is 1.35 bits per heavy atom. The molecule has 92 valence electrons. The van der Waals surface area contributed by atoms with Crippen LogP contribution in [0.1, 0.15) is 18.1 Å². The molecule has 1 aromatic carbocycles. The standard InChI is InChI=1S/C14H19NO2/c1-3-12-4-6-13(7-5-12)8-9-14(17)15(2)10-11-16/h4-9,16H,3,10-11H2,1-2H3/b9-8+. The highest BCUT2D eigenvalue weighted by atomic mass is 16.3. The van der Waals surface area contributed by atoms with Gasteiger partial charge < -0.3 is 10.0 Å². The first-order valence-corrected chi connectivity index (χ1v) is 5.80. The molecule has 1 rings (SSSR count). The molecule has 0 fully saturated rings. The summed E-state index contributed by atoms with van der Waals surface area (Å²) in [5.41, 5.74) is 2.29. The molecule has 0 aliphatic carbocycles. The van der Waals surface area contributed by atoms with Crippen molar-refractivity contribution in [3.05, 3.63) is 41.5 Å². The molecule has 0 spiro atoms. The van der Waals surface area contributed by atoms with Crippen molar-refractivity contribution in [3.63, 3.8) is 0 Å². The lowest BCUT2D eigenvalue weighted by Crippen LogP contribution is -2.27. The van der Waals surface area contributed by atoms with Crippen molar-refractivity contribution in [1.29, 1.82) is 0 Å². The molecule has 0 aromatic heterocycles. The fourth-order valence-corrected chi connectivity index (χ4v) is 1.42. The predicted octanol–water partition coefficient (Wildman–Crippen LogP) is 1.71. The number of nitrogens with zero attached hydrogens (tertiary/aromatic N) is 1. The SMILES string of the molecule is CCc1ccc(/C=C/C(=O)N(C)CCO)cc1. The highest BCUT2D eigenvalue weighted by molar-refractivity contribution is 5.91. The lowest BCUT2D eigenvalue weighted by Gasteiger charge is -2.12. The van der Waals surface area contributed by atoms with Crippen LogP contribution >= 0.6 is 0 Å². The van der Waals surface area contributed by atoms with Gasteiger partial charge in [0.1, 0.15) is 0 Å². The van der Waals surface area contributed by atoms with Crippen LogP contribution in [0.25, 0.3) is 6.08 Å². The topological polar surface area (TPSA) is 40.5 Å². The van der Waals surface area contributed by atoms with Gasteiger partial charge in [0, 0.05) is 19.7 Å². The Hall–Kier alpha value is -1.61. The normalized spacial score (nSPS) is 10.8. The van der Waals surface area contributed by atoms with Gasteiger partial charge in [-0.25, -0.2) is 0 Å². The zero-order valence-electron chi connectivity index (χ0n) is 10.4. The molecule has 0 saturated heterocycles. The Morgan fingerprint density at radius 3 is 2.53 bits per heavy atom. The van der Waals surface area contributed by atoms with E-state index in [1.807, 2.05) is 12.1 Å². The van der Waals surface area contributed by atoms with Crippen LogP contribution in [0, 0.1) is 0 Å². The second-order valence-corrected chi connectivity index (χ2v) is 3.91. The van der Waals surface area contributed by atoms with E-state index in [1.165, 1.54) is 16.5 Å². The number of aliphatic hydroxyl groups excluding tert-OH is 1. The summed E-state index contributed by atoms with van der Waals surface area (Å²) in [5.74, 6) is -0.0985. The van der Waals surface area contributed by atoms with Crippen LogP contribution in [0.15, 0.2) is 30.3 Å². The van der Waals surface area contributed by atoms with Gasteiger partial charge in [0.05, 0.1) is 6.61 Å². The first-order valence-electron chi connectivity index (χ1n) is 5.80. The number of rotatable bonds is 5. The minimum Gasteiger partial charge on any atom is -0.395 e. The van der Waals surface area contributed by atoms with Gasteiger partial charge in [-0.2, -0.15) is 0 Å². The maximum atomic E-state index is 11.6. The van der Waals surface area contributed by atoms with Crippen LogP contribution in [0.4, 0.5) is 0 Å². The summed E-state index contributed by atoms with van der Waals surface area (Å²) >= 11 is 0. The molecule has 0 bridgehead atoms. The lowest BCUT2D eigenvalue weighted by molar-refractivity contribution is -0.125. The Morgan fingerprint density at radius 2 is 2.00 bits per heavy atom. The molecule has 0 atom stereocenters. The van der Waals surface area contributed by atoms with Gasteiger partial charge in [0.25, 0.3) is 0 Å². The highest BCUT2D eigenvalue weighted by Gasteiger charge is 2.02. The molecule has 1 amide bonds. The van der Waals surface area contributed by atoms with Crippen molar-refractivity contribution >= 4 is 12.0 Å². The Labute approximate surface area is 102 Å². The summed E-state index contributed by atoms with van der Waals surface area (Å²) in [6.45, 7) is 2.46. The second kappa shape index (κ2) is 6.86. The third-order valence-electron chi connectivity index (χ3n) is 2.62. The maximum absolute atomic E-state index is 11.6. The molecule has 17 heavy (non-hydrogen) atoms. The lowest BCUT2D eigenvalue weighted by atomic mass is 10.1. The third kappa shape index (κ3) is 4.41. The number of hydrogen-bond donors (Lipinski definition) is 1. The molecule has 0 aliphatic rings. The number of carbonyl (C=O) groups excluding carboxylic acids is 1. The first kappa shape index (κ1) is 13.5. The molecular formula is C14H19NO2. The van der Waals surface area contributed by atoms with E-state index in [9.17, 15) is 4.79 Å². The summed E-state index contributed by atoms with van der Waals surface area (Å²) in [4.78, 5) is 13.0. The fraction of sp³-hybridized carbons (Fsp3) is 0.357. The van der Waals surface area contributed by atoms with Crippen molar-refractivity contribution < 1.29 is 9.90 Å². The summed E-state index contributed by atoms with van der Waals surface area (Å²) in [6, 6.07) is 8.10. The van der Waals surface area contributed by atoms with Crippen molar-refractivity contribution in [2.75, 3.05) is 20.2 Å². The number of benzene rings is 1. The Kier molecular flexibility index (Phi) is 5.43. The molecule has 3 heteroatoms. The minimum atomic E-state index is -0.0985. The van der Waals surface area contributed by atoms with E-state index in [4.69, 9.17) is 5.11 Å². The average Bonchev–Trinajstić information content (AvgIpc) is 2.36. The second-order valence-electron chi connectivity index (χ2n) is 3.91. The molecule has 1 N–H and O–H groups in total. The van der Waals surface area contributed by atoms with Crippen molar-refractivity contribution in [2.24, 2.45) is 0 Å². The van der Waals surface area contributed by atoms with Crippen LogP contribution in [-0.4, -0.2) is 36.1 Å². The van der Waals surface area contributed by atoms with E-state index < -0.39 is 0 Å². The number of amides is 1. The molecule has 0 heterocycles. The Balaban J connectivity index is 2.60. The van der Waals surface area contributed by atoms with Gasteiger partial charge in [-0.3, -0.25) is 4.79 Å². The molecule has 0 aliphatic heterocycles. The molecule has 0 saturated carbocycles. The number of hydrogen-bond acceptors (Lipinski definition) is 2. The zero-order valence-corrected chi connectivity index (χ0v) is 10.4. The summed E-state index contributed by atoms with van der Waals surface area (Å²) in [5, 5.41) is 8.71. The highest BCUT2D eigenvalue weighted by Crippen LogP contribution is 2.06. The molecule has 0 radical (unpaired) electrons. The summed E-state index contributed by atoms with van der Waals surface area (Å²) in [6.07, 6.45) is 4.33. The van der Waals surface area contributed by atoms with E-state index in [0.29, 0.717) is 6.54 Å². The first-order chi connectivity index (χ1) is 8.17. The van der Waals surface area contributed by atoms with Crippen LogP contribution in [0.5, 0.6) is 0 Å². The number of likely N-dealkylation sites (N-methyl/N-ethyl adjacent to an activating group) is 1. The zero-order chi connectivity index (χ0) is 12.7. The van der Waals surface area contributed by atoms with E-state index in [2.05, 4.69) is 19.1 Å². The molecule has 1 aromatic rings.